The van der Waals surface area contributed by atoms with E-state index < -0.39 is 0 Å². The first-order valence-corrected chi connectivity index (χ1v) is 7.23. The average Bonchev–Trinajstić information content (AvgIpc) is 2.92. The van der Waals surface area contributed by atoms with Crippen molar-refractivity contribution in [1.82, 2.24) is 5.32 Å². The molecule has 5 atom stereocenters. The van der Waals surface area contributed by atoms with E-state index in [0.29, 0.717) is 23.7 Å². The Morgan fingerprint density at radius 1 is 1.12 bits per heavy atom. The molecule has 2 saturated carbocycles. The third-order valence-electron chi connectivity index (χ3n) is 4.83. The van der Waals surface area contributed by atoms with E-state index in [1.807, 2.05) is 13.8 Å². The molecule has 0 heterocycles. The van der Waals surface area contributed by atoms with Crippen molar-refractivity contribution in [2.75, 3.05) is 0 Å². The fourth-order valence-corrected chi connectivity index (χ4v) is 3.99. The Labute approximate surface area is 106 Å². The molecule has 0 unspecified atom stereocenters. The lowest BCUT2D eigenvalue weighted by Crippen LogP contribution is -2.32. The lowest BCUT2D eigenvalue weighted by molar-refractivity contribution is -0.123. The number of carbonyl (C=O) groups excluding carboxylic acids is 1. The fourth-order valence-electron chi connectivity index (χ4n) is 3.99. The molecule has 0 bridgehead atoms. The molecular weight excluding hydrogens is 210 g/mol. The van der Waals surface area contributed by atoms with E-state index in [0.717, 1.165) is 17.8 Å². The molecule has 0 radical (unpaired) electrons. The van der Waals surface area contributed by atoms with Gasteiger partial charge in [-0.25, -0.2) is 0 Å². The summed E-state index contributed by atoms with van der Waals surface area (Å²) in [5.74, 6) is 4.24. The van der Waals surface area contributed by atoms with Crippen molar-refractivity contribution in [3.63, 3.8) is 0 Å². The molecule has 0 aromatic heterocycles. The van der Waals surface area contributed by atoms with E-state index in [-0.39, 0.29) is 6.04 Å². The van der Waals surface area contributed by atoms with Gasteiger partial charge in [0, 0.05) is 12.0 Å². The monoisotopic (exact) mass is 237 g/mol. The largest absolute Gasteiger partial charge is 0.354 e. The molecule has 2 heteroatoms. The summed E-state index contributed by atoms with van der Waals surface area (Å²) in [6.45, 7) is 11.1. The van der Waals surface area contributed by atoms with Crippen LogP contribution in [0.5, 0.6) is 0 Å². The number of fused-ring (bicyclic) bond motifs is 1. The van der Waals surface area contributed by atoms with Crippen molar-refractivity contribution in [1.29, 1.82) is 0 Å². The maximum atomic E-state index is 12.2. The number of hydrogen-bond acceptors (Lipinski definition) is 1. The van der Waals surface area contributed by atoms with E-state index in [2.05, 4.69) is 26.1 Å². The highest BCUT2D eigenvalue weighted by atomic mass is 16.2. The van der Waals surface area contributed by atoms with Crippen LogP contribution in [-0.4, -0.2) is 11.9 Å². The van der Waals surface area contributed by atoms with Crippen molar-refractivity contribution < 1.29 is 4.79 Å². The Hall–Kier alpha value is -0.530. The lowest BCUT2D eigenvalue weighted by Gasteiger charge is -2.28. The van der Waals surface area contributed by atoms with Gasteiger partial charge in [0.2, 0.25) is 5.91 Å². The van der Waals surface area contributed by atoms with Gasteiger partial charge in [-0.1, -0.05) is 27.2 Å². The van der Waals surface area contributed by atoms with Crippen LogP contribution in [0.1, 0.15) is 47.5 Å². The molecule has 0 aromatic carbocycles. The van der Waals surface area contributed by atoms with E-state index in [9.17, 15) is 4.79 Å². The topological polar surface area (TPSA) is 29.1 Å². The van der Waals surface area contributed by atoms with Gasteiger partial charge in [0.15, 0.2) is 0 Å². The Morgan fingerprint density at radius 2 is 1.76 bits per heavy atom. The van der Waals surface area contributed by atoms with Gasteiger partial charge >= 0.3 is 0 Å². The molecule has 2 nitrogen and oxygen atoms in total. The van der Waals surface area contributed by atoms with Crippen molar-refractivity contribution >= 4 is 5.91 Å². The van der Waals surface area contributed by atoms with Crippen molar-refractivity contribution in [2.24, 2.45) is 35.5 Å². The summed E-state index contributed by atoms with van der Waals surface area (Å²) in [5.41, 5.74) is 0. The molecule has 2 aliphatic rings. The Morgan fingerprint density at radius 3 is 2.29 bits per heavy atom. The highest BCUT2D eigenvalue weighted by Crippen LogP contribution is 2.62. The van der Waals surface area contributed by atoms with E-state index in [4.69, 9.17) is 0 Å². The first-order chi connectivity index (χ1) is 7.93. The molecule has 2 fully saturated rings. The summed E-state index contributed by atoms with van der Waals surface area (Å²) in [5, 5.41) is 3.10. The van der Waals surface area contributed by atoms with Crippen molar-refractivity contribution in [3.8, 4) is 0 Å². The van der Waals surface area contributed by atoms with Gasteiger partial charge in [-0.05, 0) is 49.9 Å². The van der Waals surface area contributed by atoms with Gasteiger partial charge < -0.3 is 5.32 Å². The number of hydrogen-bond donors (Lipinski definition) is 1. The molecule has 0 spiro atoms. The summed E-state index contributed by atoms with van der Waals surface area (Å²) in [6, 6.07) is 0.276. The Bertz CT molecular complexity index is 297. The summed E-state index contributed by atoms with van der Waals surface area (Å²) in [6.07, 6.45) is 2.64. The van der Waals surface area contributed by atoms with E-state index in [1.165, 1.54) is 12.8 Å². The van der Waals surface area contributed by atoms with Gasteiger partial charge in [0.05, 0.1) is 0 Å². The van der Waals surface area contributed by atoms with Crippen LogP contribution in [0.15, 0.2) is 0 Å². The summed E-state index contributed by atoms with van der Waals surface area (Å²) in [7, 11) is 0. The first kappa shape index (κ1) is 12.9. The van der Waals surface area contributed by atoms with Crippen LogP contribution in [-0.2, 0) is 4.79 Å². The quantitative estimate of drug-likeness (QED) is 0.803. The molecule has 0 saturated heterocycles. The van der Waals surface area contributed by atoms with Crippen LogP contribution in [0.4, 0.5) is 0 Å². The minimum atomic E-state index is 0.276. The van der Waals surface area contributed by atoms with Gasteiger partial charge in [-0.2, -0.15) is 0 Å². The molecule has 1 N–H and O–H groups in total. The highest BCUT2D eigenvalue weighted by Gasteiger charge is 2.61. The van der Waals surface area contributed by atoms with Crippen LogP contribution in [0.3, 0.4) is 0 Å². The Kier molecular flexibility index (Phi) is 3.51. The smallest absolute Gasteiger partial charge is 0.223 e. The molecule has 1 amide bonds. The molecule has 2 aliphatic carbocycles. The summed E-state index contributed by atoms with van der Waals surface area (Å²) >= 11 is 0. The van der Waals surface area contributed by atoms with Crippen molar-refractivity contribution in [3.05, 3.63) is 0 Å². The molecule has 98 valence electrons. The molecule has 2 rings (SSSR count). The number of amides is 1. The normalized spacial score (nSPS) is 40.3. The number of nitrogens with one attached hydrogen (secondary N) is 1. The lowest BCUT2D eigenvalue weighted by atomic mass is 9.77. The minimum absolute atomic E-state index is 0.276. The van der Waals surface area contributed by atoms with Gasteiger partial charge in [-0.3, -0.25) is 4.79 Å². The highest BCUT2D eigenvalue weighted by molar-refractivity contribution is 5.82. The molecule has 17 heavy (non-hydrogen) atoms. The third kappa shape index (κ3) is 2.36. The van der Waals surface area contributed by atoms with Crippen LogP contribution in [0.2, 0.25) is 0 Å². The number of rotatable bonds is 3. The SMILES string of the molecule is CC(C)NC(=O)[C@@H]1[C@@H]2[C@H]1[C@H](C(C)C)CC[C@H]2C. The molecule has 0 aromatic rings. The predicted molar refractivity (Wildman–Crippen MR) is 70.5 cm³/mol. The maximum absolute atomic E-state index is 12.2. The predicted octanol–water partition coefficient (Wildman–Crippen LogP) is 3.08. The van der Waals surface area contributed by atoms with Gasteiger partial charge in [0.25, 0.3) is 0 Å². The minimum Gasteiger partial charge on any atom is -0.354 e. The summed E-state index contributed by atoms with van der Waals surface area (Å²) in [4.78, 5) is 12.2. The van der Waals surface area contributed by atoms with Crippen LogP contribution < -0.4 is 5.32 Å². The second-order valence-electron chi connectivity index (χ2n) is 6.81. The number of carbonyl (C=O) groups is 1. The molecular formula is C15H27NO. The van der Waals surface area contributed by atoms with Gasteiger partial charge in [-0.15, -0.1) is 0 Å². The fraction of sp³-hybridized carbons (Fsp3) is 0.933. The van der Waals surface area contributed by atoms with Crippen LogP contribution in [0.25, 0.3) is 0 Å². The van der Waals surface area contributed by atoms with Crippen LogP contribution in [0, 0.1) is 35.5 Å². The van der Waals surface area contributed by atoms with E-state index >= 15 is 0 Å². The molecule has 0 aliphatic heterocycles. The van der Waals surface area contributed by atoms with Crippen molar-refractivity contribution in [2.45, 2.75) is 53.5 Å². The van der Waals surface area contributed by atoms with Crippen LogP contribution >= 0.6 is 0 Å². The zero-order valence-corrected chi connectivity index (χ0v) is 11.9. The van der Waals surface area contributed by atoms with Gasteiger partial charge in [0.1, 0.15) is 0 Å². The summed E-state index contributed by atoms with van der Waals surface area (Å²) < 4.78 is 0. The standard InChI is InChI=1S/C15H27NO/c1-8(2)11-7-6-10(5)12-13(11)14(12)15(17)16-9(3)4/h8-14H,6-7H2,1-5H3,(H,16,17)/t10-,11+,12+,13-,14-/m1/s1. The zero-order chi connectivity index (χ0) is 12.7. The zero-order valence-electron chi connectivity index (χ0n) is 11.9. The average molecular weight is 237 g/mol. The second kappa shape index (κ2) is 4.62. The maximum Gasteiger partial charge on any atom is 0.223 e. The first-order valence-electron chi connectivity index (χ1n) is 7.23. The van der Waals surface area contributed by atoms with E-state index in [1.54, 1.807) is 0 Å². The Balaban J connectivity index is 2.04. The third-order valence-corrected chi connectivity index (χ3v) is 4.83. The second-order valence-corrected chi connectivity index (χ2v) is 6.81.